The van der Waals surface area contributed by atoms with Crippen molar-refractivity contribution in [1.29, 1.82) is 0 Å². The zero-order valence-electron chi connectivity index (χ0n) is 12.2. The summed E-state index contributed by atoms with van der Waals surface area (Å²) in [5.74, 6) is 1.46. The lowest BCUT2D eigenvalue weighted by Gasteiger charge is -2.38. The van der Waals surface area contributed by atoms with Gasteiger partial charge in [-0.25, -0.2) is 0 Å². The van der Waals surface area contributed by atoms with E-state index in [1.165, 1.54) is 31.2 Å². The molecule has 2 nitrogen and oxygen atoms in total. The first kappa shape index (κ1) is 14.2. The summed E-state index contributed by atoms with van der Waals surface area (Å²) >= 11 is 6.04. The Morgan fingerprint density at radius 1 is 1.35 bits per heavy atom. The molecule has 3 heteroatoms. The van der Waals surface area contributed by atoms with Gasteiger partial charge in [0.1, 0.15) is 11.9 Å². The fraction of sp³-hybridized carbons (Fsp3) is 0.647. The molecule has 0 amide bonds. The van der Waals surface area contributed by atoms with Gasteiger partial charge >= 0.3 is 0 Å². The van der Waals surface area contributed by atoms with Gasteiger partial charge in [0.05, 0.1) is 18.1 Å². The predicted molar refractivity (Wildman–Crippen MR) is 81.5 cm³/mol. The second-order valence-corrected chi connectivity index (χ2v) is 6.48. The van der Waals surface area contributed by atoms with Gasteiger partial charge in [-0.1, -0.05) is 30.5 Å². The van der Waals surface area contributed by atoms with Crippen LogP contribution >= 0.6 is 11.6 Å². The average Bonchev–Trinajstić information content (AvgIpc) is 2.89. The van der Waals surface area contributed by atoms with E-state index in [4.69, 9.17) is 21.1 Å². The number of aryl methyl sites for hydroxylation is 1. The Hall–Kier alpha value is -0.730. The van der Waals surface area contributed by atoms with E-state index in [9.17, 15) is 0 Å². The first-order valence-corrected chi connectivity index (χ1v) is 8.20. The van der Waals surface area contributed by atoms with Gasteiger partial charge in [0, 0.05) is 18.4 Å². The molecule has 1 aliphatic carbocycles. The van der Waals surface area contributed by atoms with Crippen LogP contribution in [0.3, 0.4) is 0 Å². The van der Waals surface area contributed by atoms with Crippen LogP contribution in [0.1, 0.15) is 49.7 Å². The molecule has 0 aromatic heterocycles. The molecule has 2 aliphatic rings. The SMILES string of the molecule is Cc1ccc(OC2CCOC3(CCCC3)C2)c(CCl)c1. The van der Waals surface area contributed by atoms with E-state index in [-0.39, 0.29) is 11.7 Å². The van der Waals surface area contributed by atoms with Crippen molar-refractivity contribution in [2.75, 3.05) is 6.61 Å². The molecule has 20 heavy (non-hydrogen) atoms. The highest BCUT2D eigenvalue weighted by Crippen LogP contribution is 2.41. The van der Waals surface area contributed by atoms with Crippen molar-refractivity contribution in [3.63, 3.8) is 0 Å². The van der Waals surface area contributed by atoms with E-state index in [0.717, 1.165) is 30.8 Å². The fourth-order valence-electron chi connectivity index (χ4n) is 3.56. The third kappa shape index (κ3) is 2.96. The highest BCUT2D eigenvalue weighted by molar-refractivity contribution is 6.17. The lowest BCUT2D eigenvalue weighted by Crippen LogP contribution is -2.41. The zero-order valence-corrected chi connectivity index (χ0v) is 12.9. The maximum atomic E-state index is 6.25. The van der Waals surface area contributed by atoms with Crippen molar-refractivity contribution in [2.24, 2.45) is 0 Å². The second kappa shape index (κ2) is 5.95. The molecule has 0 N–H and O–H groups in total. The van der Waals surface area contributed by atoms with Crippen molar-refractivity contribution in [3.05, 3.63) is 29.3 Å². The number of benzene rings is 1. The Labute approximate surface area is 126 Å². The van der Waals surface area contributed by atoms with E-state index in [0.29, 0.717) is 5.88 Å². The van der Waals surface area contributed by atoms with Crippen LogP contribution in [0.5, 0.6) is 5.75 Å². The van der Waals surface area contributed by atoms with Crippen molar-refractivity contribution < 1.29 is 9.47 Å². The Kier molecular flexibility index (Phi) is 4.23. The van der Waals surface area contributed by atoms with Gasteiger partial charge in [-0.15, -0.1) is 11.6 Å². The van der Waals surface area contributed by atoms with Crippen LogP contribution in [0.2, 0.25) is 0 Å². The summed E-state index contributed by atoms with van der Waals surface area (Å²) in [5.41, 5.74) is 2.43. The van der Waals surface area contributed by atoms with Crippen LogP contribution in [0.25, 0.3) is 0 Å². The van der Waals surface area contributed by atoms with Crippen molar-refractivity contribution in [2.45, 2.75) is 63.0 Å². The molecule has 1 aromatic carbocycles. The summed E-state index contributed by atoms with van der Waals surface area (Å²) in [6, 6.07) is 6.27. The molecule has 1 saturated heterocycles. The van der Waals surface area contributed by atoms with E-state index in [2.05, 4.69) is 25.1 Å². The normalized spacial score (nSPS) is 25.0. The third-order valence-corrected chi connectivity index (χ3v) is 4.90. The molecule has 1 aliphatic heterocycles. The summed E-state index contributed by atoms with van der Waals surface area (Å²) in [6.07, 6.45) is 7.27. The molecule has 1 heterocycles. The Morgan fingerprint density at radius 3 is 2.90 bits per heavy atom. The number of alkyl halides is 1. The molecular weight excluding hydrogens is 272 g/mol. The molecule has 1 unspecified atom stereocenters. The van der Waals surface area contributed by atoms with E-state index in [1.807, 2.05) is 0 Å². The van der Waals surface area contributed by atoms with Gasteiger partial charge in [-0.2, -0.15) is 0 Å². The smallest absolute Gasteiger partial charge is 0.124 e. The van der Waals surface area contributed by atoms with Gasteiger partial charge in [0.2, 0.25) is 0 Å². The Bertz CT molecular complexity index is 466. The van der Waals surface area contributed by atoms with Gasteiger partial charge < -0.3 is 9.47 Å². The molecule has 2 fully saturated rings. The summed E-state index contributed by atoms with van der Waals surface area (Å²) in [4.78, 5) is 0. The third-order valence-electron chi connectivity index (χ3n) is 4.62. The molecule has 0 radical (unpaired) electrons. The fourth-order valence-corrected chi connectivity index (χ4v) is 3.77. The van der Waals surface area contributed by atoms with Crippen LogP contribution in [0, 0.1) is 6.92 Å². The second-order valence-electron chi connectivity index (χ2n) is 6.22. The highest BCUT2D eigenvalue weighted by atomic mass is 35.5. The van der Waals surface area contributed by atoms with E-state index < -0.39 is 0 Å². The number of hydrogen-bond donors (Lipinski definition) is 0. The highest BCUT2D eigenvalue weighted by Gasteiger charge is 2.40. The molecule has 3 rings (SSSR count). The first-order valence-electron chi connectivity index (χ1n) is 7.67. The van der Waals surface area contributed by atoms with Crippen molar-refractivity contribution in [1.82, 2.24) is 0 Å². The summed E-state index contributed by atoms with van der Waals surface area (Å²) in [7, 11) is 0. The monoisotopic (exact) mass is 294 g/mol. The minimum Gasteiger partial charge on any atom is -0.490 e. The van der Waals surface area contributed by atoms with Crippen molar-refractivity contribution >= 4 is 11.6 Å². The molecule has 1 saturated carbocycles. The molecule has 1 aromatic rings. The van der Waals surface area contributed by atoms with Crippen molar-refractivity contribution in [3.8, 4) is 5.75 Å². The van der Waals surface area contributed by atoms with E-state index in [1.54, 1.807) is 0 Å². The number of ether oxygens (including phenoxy) is 2. The summed E-state index contributed by atoms with van der Waals surface area (Å²) in [5, 5.41) is 0. The van der Waals surface area contributed by atoms with Crippen LogP contribution in [-0.4, -0.2) is 18.3 Å². The van der Waals surface area contributed by atoms with E-state index >= 15 is 0 Å². The summed E-state index contributed by atoms with van der Waals surface area (Å²) in [6.45, 7) is 2.91. The maximum absolute atomic E-state index is 6.25. The quantitative estimate of drug-likeness (QED) is 0.758. The predicted octanol–water partition coefficient (Wildman–Crippen LogP) is 4.60. The van der Waals surface area contributed by atoms with Crippen LogP contribution in [0.15, 0.2) is 18.2 Å². The standard InChI is InChI=1S/C17H23ClO2/c1-13-4-5-16(14(10-13)12-18)20-15-6-9-19-17(11-15)7-2-3-8-17/h4-5,10,15H,2-3,6-9,11-12H2,1H3. The minimum atomic E-state index is 0.106. The van der Waals surface area contributed by atoms with Crippen LogP contribution < -0.4 is 4.74 Å². The maximum Gasteiger partial charge on any atom is 0.124 e. The van der Waals surface area contributed by atoms with Gasteiger partial charge in [-0.3, -0.25) is 0 Å². The molecule has 110 valence electrons. The molecule has 0 bridgehead atoms. The van der Waals surface area contributed by atoms with Gasteiger partial charge in [0.15, 0.2) is 0 Å². The average molecular weight is 295 g/mol. The zero-order chi connectivity index (χ0) is 14.0. The van der Waals surface area contributed by atoms with Crippen LogP contribution in [-0.2, 0) is 10.6 Å². The number of halogens is 1. The minimum absolute atomic E-state index is 0.106. The number of hydrogen-bond acceptors (Lipinski definition) is 2. The lowest BCUT2D eigenvalue weighted by molar-refractivity contribution is -0.108. The Morgan fingerprint density at radius 2 is 2.15 bits per heavy atom. The Balaban J connectivity index is 1.71. The number of rotatable bonds is 3. The first-order chi connectivity index (χ1) is 9.71. The molecule has 1 atom stereocenters. The van der Waals surface area contributed by atoms with Gasteiger partial charge in [-0.05, 0) is 25.8 Å². The topological polar surface area (TPSA) is 18.5 Å². The molecular formula is C17H23ClO2. The lowest BCUT2D eigenvalue weighted by atomic mass is 9.90. The molecule has 1 spiro atoms. The largest absolute Gasteiger partial charge is 0.490 e. The van der Waals surface area contributed by atoms with Crippen LogP contribution in [0.4, 0.5) is 0 Å². The summed E-state index contributed by atoms with van der Waals surface area (Å²) < 4.78 is 12.3. The van der Waals surface area contributed by atoms with Gasteiger partial charge in [0.25, 0.3) is 0 Å².